The summed E-state index contributed by atoms with van der Waals surface area (Å²) in [4.78, 5) is 16.5. The zero-order valence-corrected chi connectivity index (χ0v) is 21.4. The molecule has 1 aromatic carbocycles. The normalized spacial score (nSPS) is 16.4. The maximum Gasteiger partial charge on any atom is 0.416 e. The lowest BCUT2D eigenvalue weighted by Gasteiger charge is -2.29. The molecule has 2 aliphatic rings. The minimum absolute atomic E-state index is 0.279. The van der Waals surface area contributed by atoms with Gasteiger partial charge in [-0.2, -0.15) is 13.2 Å². The molecule has 11 heteroatoms. The van der Waals surface area contributed by atoms with E-state index in [4.69, 9.17) is 12.2 Å². The molecule has 37 heavy (non-hydrogen) atoms. The Morgan fingerprint density at radius 3 is 2.65 bits per heavy atom. The monoisotopic (exact) mass is 527 g/mol. The molecule has 5 rings (SSSR count). The van der Waals surface area contributed by atoms with Crippen molar-refractivity contribution in [1.82, 2.24) is 19.9 Å². The van der Waals surface area contributed by atoms with E-state index < -0.39 is 11.7 Å². The molecule has 0 bridgehead atoms. The molecule has 0 aliphatic carbocycles. The van der Waals surface area contributed by atoms with Crippen LogP contribution in [0.25, 0.3) is 11.3 Å². The molecule has 3 N–H and O–H groups in total. The summed E-state index contributed by atoms with van der Waals surface area (Å²) in [6.45, 7) is 5.05. The van der Waals surface area contributed by atoms with Gasteiger partial charge in [-0.15, -0.1) is 0 Å². The third-order valence-corrected chi connectivity index (χ3v) is 7.08. The van der Waals surface area contributed by atoms with E-state index in [1.807, 2.05) is 19.1 Å². The number of rotatable bonds is 5. The van der Waals surface area contributed by atoms with Crippen LogP contribution in [0.2, 0.25) is 0 Å². The number of hydrogen-bond acceptors (Lipinski definition) is 7. The second kappa shape index (κ2) is 10.2. The molecule has 0 atom stereocenters. The zero-order chi connectivity index (χ0) is 26.2. The predicted octanol–water partition coefficient (Wildman–Crippen LogP) is 5.66. The summed E-state index contributed by atoms with van der Waals surface area (Å²) in [6.07, 6.45) is -0.104. The number of anilines is 4. The Bertz CT molecular complexity index is 1320. The fraction of sp³-hybridized carbons (Fsp3) is 0.385. The number of piperidine rings is 1. The first-order valence-electron chi connectivity index (χ1n) is 12.2. The number of nitrogens with zero attached hydrogens (tertiary/aromatic N) is 4. The van der Waals surface area contributed by atoms with Gasteiger partial charge in [0, 0.05) is 36.0 Å². The Hall–Kier alpha value is -3.31. The Labute approximate surface area is 218 Å². The molecular formula is C26H28F3N7S. The Kier molecular flexibility index (Phi) is 7.00. The number of aryl methyl sites for hydroxylation is 1. The molecule has 7 nitrogen and oxygen atoms in total. The molecule has 194 valence electrons. The highest BCUT2D eigenvalue weighted by atomic mass is 32.1. The van der Waals surface area contributed by atoms with Crippen molar-refractivity contribution in [3.63, 3.8) is 0 Å². The third kappa shape index (κ3) is 5.83. The van der Waals surface area contributed by atoms with Crippen molar-refractivity contribution in [2.45, 2.75) is 32.4 Å². The van der Waals surface area contributed by atoms with E-state index in [9.17, 15) is 13.2 Å². The minimum atomic E-state index is -4.45. The van der Waals surface area contributed by atoms with Crippen LogP contribution in [0.1, 0.15) is 29.7 Å². The standard InChI is InChI=1S/C26H28F3N7S/c1-15-20(5-6-22(32-15)30-13-16-7-9-36(2)10-8-16)34-25-31-14-17-11-23(37)33-21-12-18(26(27,28)29)3-4-19(21)24(17)35-25/h3-6,12,14,16H,7-11,13H2,1-2H3,(H,30,32)(H,33,37)(H,31,34,35). The lowest BCUT2D eigenvalue weighted by atomic mass is 9.97. The van der Waals surface area contributed by atoms with Crippen LogP contribution in [0, 0.1) is 12.8 Å². The summed E-state index contributed by atoms with van der Waals surface area (Å²) in [5, 5.41) is 9.59. The smallest absolute Gasteiger partial charge is 0.370 e. The van der Waals surface area contributed by atoms with Gasteiger partial charge in [-0.05, 0) is 70.1 Å². The number of halogens is 3. The number of nitrogens with one attached hydrogen (secondary N) is 3. The lowest BCUT2D eigenvalue weighted by molar-refractivity contribution is -0.137. The number of likely N-dealkylation sites (tertiary alicyclic amines) is 1. The topological polar surface area (TPSA) is 78.0 Å². The highest BCUT2D eigenvalue weighted by Crippen LogP contribution is 2.38. The maximum absolute atomic E-state index is 13.3. The van der Waals surface area contributed by atoms with Gasteiger partial charge in [0.05, 0.1) is 27.6 Å². The number of pyridine rings is 1. The van der Waals surface area contributed by atoms with Crippen LogP contribution < -0.4 is 16.0 Å². The van der Waals surface area contributed by atoms with Crippen molar-refractivity contribution in [3.8, 4) is 11.3 Å². The molecule has 3 aromatic rings. The van der Waals surface area contributed by atoms with E-state index in [1.54, 1.807) is 6.20 Å². The molecule has 2 aromatic heterocycles. The molecule has 2 aliphatic heterocycles. The number of thiocarbonyl (C=S) groups is 1. The van der Waals surface area contributed by atoms with E-state index in [0.29, 0.717) is 34.5 Å². The van der Waals surface area contributed by atoms with Crippen LogP contribution in [0.15, 0.2) is 36.5 Å². The Morgan fingerprint density at radius 2 is 1.92 bits per heavy atom. The molecule has 0 radical (unpaired) electrons. The van der Waals surface area contributed by atoms with Crippen LogP contribution in [-0.2, 0) is 12.6 Å². The molecule has 4 heterocycles. The van der Waals surface area contributed by atoms with E-state index >= 15 is 0 Å². The van der Waals surface area contributed by atoms with Crippen LogP contribution in [0.3, 0.4) is 0 Å². The van der Waals surface area contributed by atoms with Gasteiger partial charge in [-0.1, -0.05) is 18.3 Å². The van der Waals surface area contributed by atoms with E-state index in [0.717, 1.165) is 54.5 Å². The van der Waals surface area contributed by atoms with Gasteiger partial charge in [-0.25, -0.2) is 15.0 Å². The van der Waals surface area contributed by atoms with Crippen molar-refractivity contribution in [1.29, 1.82) is 0 Å². The van der Waals surface area contributed by atoms with Crippen LogP contribution in [-0.4, -0.2) is 51.5 Å². The average molecular weight is 528 g/mol. The SMILES string of the molecule is Cc1nc(NCC2CCN(C)CC2)ccc1Nc1ncc2c(n1)-c1ccc(C(F)(F)F)cc1NC(=S)C2. The van der Waals surface area contributed by atoms with Crippen molar-refractivity contribution < 1.29 is 13.2 Å². The van der Waals surface area contributed by atoms with Gasteiger partial charge < -0.3 is 20.9 Å². The molecule has 1 saturated heterocycles. The van der Waals surface area contributed by atoms with E-state index in [1.165, 1.54) is 18.9 Å². The molecule has 0 saturated carbocycles. The fourth-order valence-electron chi connectivity index (χ4n) is 4.65. The van der Waals surface area contributed by atoms with Crippen molar-refractivity contribution >= 4 is 40.3 Å². The van der Waals surface area contributed by atoms with Crippen LogP contribution >= 0.6 is 12.2 Å². The molecule has 0 amide bonds. The number of hydrogen-bond donors (Lipinski definition) is 3. The number of aromatic nitrogens is 3. The van der Waals surface area contributed by atoms with Crippen LogP contribution in [0.4, 0.5) is 36.3 Å². The fourth-order valence-corrected chi connectivity index (χ4v) is 4.92. The number of benzene rings is 1. The Morgan fingerprint density at radius 1 is 1.14 bits per heavy atom. The summed E-state index contributed by atoms with van der Waals surface area (Å²) in [5.41, 5.74) is 2.88. The van der Waals surface area contributed by atoms with Crippen molar-refractivity contribution in [2.75, 3.05) is 42.6 Å². The van der Waals surface area contributed by atoms with E-state index in [-0.39, 0.29) is 5.69 Å². The molecule has 0 unspecified atom stereocenters. The maximum atomic E-state index is 13.3. The summed E-state index contributed by atoms with van der Waals surface area (Å²) in [6, 6.07) is 7.39. The van der Waals surface area contributed by atoms with Gasteiger partial charge >= 0.3 is 6.18 Å². The van der Waals surface area contributed by atoms with Gasteiger partial charge in [0.1, 0.15) is 5.82 Å². The van der Waals surface area contributed by atoms with Gasteiger partial charge in [0.25, 0.3) is 0 Å². The van der Waals surface area contributed by atoms with Gasteiger partial charge in [0.2, 0.25) is 5.95 Å². The quantitative estimate of drug-likeness (QED) is 0.367. The van der Waals surface area contributed by atoms with Gasteiger partial charge in [0.15, 0.2) is 0 Å². The molecule has 1 fully saturated rings. The summed E-state index contributed by atoms with van der Waals surface area (Å²) >= 11 is 5.34. The zero-order valence-electron chi connectivity index (χ0n) is 20.6. The Balaban J connectivity index is 1.35. The molecule has 0 spiro atoms. The van der Waals surface area contributed by atoms with E-state index in [2.05, 4.69) is 42.8 Å². The first kappa shape index (κ1) is 25.3. The summed E-state index contributed by atoms with van der Waals surface area (Å²) in [5.74, 6) is 1.79. The predicted molar refractivity (Wildman–Crippen MR) is 143 cm³/mol. The first-order chi connectivity index (χ1) is 17.7. The average Bonchev–Trinajstić information content (AvgIpc) is 2.99. The van der Waals surface area contributed by atoms with Crippen molar-refractivity contribution in [2.24, 2.45) is 5.92 Å². The molecular weight excluding hydrogens is 499 g/mol. The highest BCUT2D eigenvalue weighted by Gasteiger charge is 2.32. The minimum Gasteiger partial charge on any atom is -0.370 e. The lowest BCUT2D eigenvalue weighted by Crippen LogP contribution is -2.33. The van der Waals surface area contributed by atoms with Crippen LogP contribution in [0.5, 0.6) is 0 Å². The number of alkyl halides is 3. The van der Waals surface area contributed by atoms with Crippen molar-refractivity contribution in [3.05, 3.63) is 53.3 Å². The third-order valence-electron chi connectivity index (χ3n) is 6.83. The van der Waals surface area contributed by atoms with Gasteiger partial charge in [-0.3, -0.25) is 0 Å². The number of fused-ring (bicyclic) bond motifs is 3. The second-order valence-electron chi connectivity index (χ2n) is 9.63. The largest absolute Gasteiger partial charge is 0.416 e. The summed E-state index contributed by atoms with van der Waals surface area (Å²) in [7, 11) is 2.16. The second-order valence-corrected chi connectivity index (χ2v) is 10.1. The summed E-state index contributed by atoms with van der Waals surface area (Å²) < 4.78 is 39.8. The first-order valence-corrected chi connectivity index (χ1v) is 12.6. The highest BCUT2D eigenvalue weighted by molar-refractivity contribution is 7.80.